The molecule has 1 aliphatic carbocycles. The molecule has 2 aliphatic rings. The van der Waals surface area contributed by atoms with Gasteiger partial charge in [0, 0.05) is 30.6 Å². The maximum atomic E-state index is 14.7. The second-order valence-electron chi connectivity index (χ2n) is 9.55. The van der Waals surface area contributed by atoms with Gasteiger partial charge >= 0.3 is 0 Å². The number of carbonyl (C=O) groups excluding carboxylic acids is 1. The number of pyridine rings is 2. The fourth-order valence-electron chi connectivity index (χ4n) is 5.12. The number of nitrogens with two attached hydrogens (primary N) is 1. The molecule has 3 heterocycles. The number of anilines is 2. The minimum Gasteiger partial charge on any atom is -0.391 e. The van der Waals surface area contributed by atoms with E-state index in [1.54, 1.807) is 0 Å². The monoisotopic (exact) mass is 513 g/mol. The highest BCUT2D eigenvalue weighted by atomic mass is 19.1. The molecule has 1 saturated heterocycles. The number of hydrogen-bond acceptors (Lipinski definition) is 7. The summed E-state index contributed by atoms with van der Waals surface area (Å²) in [5, 5.41) is 23.3. The number of nitrogens with one attached hydrogen (secondary N) is 1. The molecular weight excluding hydrogens is 487 g/mol. The molecule has 3 aromatic rings. The lowest BCUT2D eigenvalue weighted by molar-refractivity contribution is 0.0784. The van der Waals surface area contributed by atoms with Crippen LogP contribution in [0, 0.1) is 23.4 Å². The maximum absolute atomic E-state index is 14.7. The van der Waals surface area contributed by atoms with E-state index in [9.17, 15) is 28.2 Å². The summed E-state index contributed by atoms with van der Waals surface area (Å²) >= 11 is 0. The Labute approximate surface area is 211 Å². The van der Waals surface area contributed by atoms with Gasteiger partial charge in [0.05, 0.1) is 46.7 Å². The Morgan fingerprint density at radius 1 is 1.11 bits per heavy atom. The van der Waals surface area contributed by atoms with Crippen molar-refractivity contribution in [1.82, 2.24) is 9.97 Å². The number of aromatic nitrogens is 2. The second-order valence-corrected chi connectivity index (χ2v) is 9.55. The summed E-state index contributed by atoms with van der Waals surface area (Å²) in [6, 6.07) is 4.75. The molecule has 4 atom stereocenters. The van der Waals surface area contributed by atoms with Crippen molar-refractivity contribution in [2.45, 2.75) is 38.0 Å². The van der Waals surface area contributed by atoms with E-state index in [2.05, 4.69) is 15.3 Å². The number of nitrogens with zero attached hydrogens (tertiary/aromatic N) is 3. The SMILES string of the molecule is C[C@H]1CN(c2c(NC(=O)c3nc(-c4c(F)cccc4F)ccc3F)cnc3c2CC[C@H]3O)C[C@@H](N)[C@@H]1O. The lowest BCUT2D eigenvalue weighted by atomic mass is 9.92. The van der Waals surface area contributed by atoms with Crippen molar-refractivity contribution < 1.29 is 28.2 Å². The summed E-state index contributed by atoms with van der Waals surface area (Å²) in [6.45, 7) is 2.58. The number of benzene rings is 1. The van der Waals surface area contributed by atoms with Crippen LogP contribution < -0.4 is 16.0 Å². The van der Waals surface area contributed by atoms with Gasteiger partial charge in [-0.3, -0.25) is 9.78 Å². The van der Waals surface area contributed by atoms with Crippen molar-refractivity contribution in [1.29, 1.82) is 0 Å². The molecule has 0 saturated carbocycles. The highest BCUT2D eigenvalue weighted by Gasteiger charge is 2.36. The smallest absolute Gasteiger partial charge is 0.277 e. The molecule has 194 valence electrons. The Balaban J connectivity index is 1.53. The van der Waals surface area contributed by atoms with Crippen molar-refractivity contribution in [3.05, 3.63) is 70.9 Å². The third kappa shape index (κ3) is 4.54. The van der Waals surface area contributed by atoms with Crippen LogP contribution in [0.3, 0.4) is 0 Å². The second kappa shape index (κ2) is 9.73. The first-order chi connectivity index (χ1) is 17.7. The van der Waals surface area contributed by atoms with Crippen LogP contribution in [0.2, 0.25) is 0 Å². The number of aliphatic hydroxyl groups is 2. The molecule has 1 fully saturated rings. The van der Waals surface area contributed by atoms with Gasteiger partial charge in [-0.15, -0.1) is 0 Å². The Kier molecular flexibility index (Phi) is 6.61. The number of piperidine rings is 1. The van der Waals surface area contributed by atoms with Gasteiger partial charge in [0.2, 0.25) is 0 Å². The minimum absolute atomic E-state index is 0.172. The van der Waals surface area contributed by atoms with E-state index in [1.807, 2.05) is 11.8 Å². The number of fused-ring (bicyclic) bond motifs is 1. The molecule has 11 heteroatoms. The zero-order valence-electron chi connectivity index (χ0n) is 20.0. The topological polar surface area (TPSA) is 125 Å². The zero-order valence-corrected chi connectivity index (χ0v) is 20.0. The Bertz CT molecular complexity index is 1340. The summed E-state index contributed by atoms with van der Waals surface area (Å²) in [7, 11) is 0. The number of aliphatic hydroxyl groups excluding tert-OH is 2. The highest BCUT2D eigenvalue weighted by molar-refractivity contribution is 6.05. The van der Waals surface area contributed by atoms with Crippen LogP contribution in [0.4, 0.5) is 24.5 Å². The van der Waals surface area contributed by atoms with Crippen LogP contribution in [0.15, 0.2) is 36.5 Å². The third-order valence-electron chi connectivity index (χ3n) is 6.97. The zero-order chi connectivity index (χ0) is 26.4. The van der Waals surface area contributed by atoms with Crippen LogP contribution in [0.25, 0.3) is 11.3 Å². The maximum Gasteiger partial charge on any atom is 0.277 e. The van der Waals surface area contributed by atoms with Crippen molar-refractivity contribution in [2.75, 3.05) is 23.3 Å². The first kappa shape index (κ1) is 25.1. The number of rotatable bonds is 4. The predicted octanol–water partition coefficient (Wildman–Crippen LogP) is 2.94. The average molecular weight is 514 g/mol. The van der Waals surface area contributed by atoms with Crippen molar-refractivity contribution >= 4 is 17.3 Å². The van der Waals surface area contributed by atoms with Gasteiger partial charge in [-0.1, -0.05) is 13.0 Å². The number of amides is 1. The first-order valence-corrected chi connectivity index (χ1v) is 12.0. The third-order valence-corrected chi connectivity index (χ3v) is 6.97. The lowest BCUT2D eigenvalue weighted by Crippen LogP contribution is -2.56. The number of hydrogen-bond donors (Lipinski definition) is 4. The molecule has 0 bridgehead atoms. The van der Waals surface area contributed by atoms with E-state index in [0.717, 1.165) is 29.8 Å². The van der Waals surface area contributed by atoms with Gasteiger partial charge in [-0.05, 0) is 37.1 Å². The van der Waals surface area contributed by atoms with Crippen LogP contribution in [-0.2, 0) is 6.42 Å². The molecular formula is C26H26F3N5O3. The molecule has 0 radical (unpaired) electrons. The van der Waals surface area contributed by atoms with Gasteiger partial charge in [0.15, 0.2) is 11.5 Å². The van der Waals surface area contributed by atoms with Gasteiger partial charge < -0.3 is 26.2 Å². The Morgan fingerprint density at radius 2 is 1.84 bits per heavy atom. The highest BCUT2D eigenvalue weighted by Crippen LogP contribution is 2.41. The minimum atomic E-state index is -0.971. The van der Waals surface area contributed by atoms with Gasteiger partial charge in [-0.2, -0.15) is 0 Å². The molecule has 0 unspecified atom stereocenters. The van der Waals surface area contributed by atoms with Gasteiger partial charge in [-0.25, -0.2) is 18.2 Å². The van der Waals surface area contributed by atoms with E-state index in [4.69, 9.17) is 5.73 Å². The van der Waals surface area contributed by atoms with E-state index in [0.29, 0.717) is 30.8 Å². The van der Waals surface area contributed by atoms with Crippen LogP contribution in [-0.4, -0.2) is 51.3 Å². The summed E-state index contributed by atoms with van der Waals surface area (Å²) in [5.41, 5.74) is 6.86. The molecule has 8 nitrogen and oxygen atoms in total. The Morgan fingerprint density at radius 3 is 2.54 bits per heavy atom. The van der Waals surface area contributed by atoms with E-state index < -0.39 is 52.9 Å². The number of halogens is 3. The van der Waals surface area contributed by atoms with Gasteiger partial charge in [0.1, 0.15) is 11.6 Å². The van der Waals surface area contributed by atoms with Crippen LogP contribution >= 0.6 is 0 Å². The normalized spacial score (nSPS) is 23.2. The van der Waals surface area contributed by atoms with Crippen LogP contribution in [0.5, 0.6) is 0 Å². The fraction of sp³-hybridized carbons (Fsp3) is 0.346. The largest absolute Gasteiger partial charge is 0.391 e. The van der Waals surface area contributed by atoms with Crippen molar-refractivity contribution in [3.63, 3.8) is 0 Å². The molecule has 37 heavy (non-hydrogen) atoms. The van der Waals surface area contributed by atoms with Crippen molar-refractivity contribution in [2.24, 2.45) is 11.7 Å². The fourth-order valence-corrected chi connectivity index (χ4v) is 5.12. The summed E-state index contributed by atoms with van der Waals surface area (Å²) in [5.74, 6) is -3.87. The van der Waals surface area contributed by atoms with Crippen molar-refractivity contribution in [3.8, 4) is 11.3 Å². The molecule has 0 spiro atoms. The lowest BCUT2D eigenvalue weighted by Gasteiger charge is -2.41. The number of carbonyl (C=O) groups is 1. The average Bonchev–Trinajstić information content (AvgIpc) is 3.23. The summed E-state index contributed by atoms with van der Waals surface area (Å²) in [4.78, 5) is 23.4. The standard InChI is InChI=1S/C26H26F3N5O3/c1-12-10-34(11-17(30)25(12)36)24-13-5-8-20(35)22(13)31-9-19(24)33-26(37)23-16(29)6-7-18(32-23)21-14(27)3-2-4-15(21)28/h2-4,6-7,9,12,17,20,25,35-36H,5,8,10-11,30H2,1H3,(H,33,37)/t12-,17+,20+,25+/m0/s1. The predicted molar refractivity (Wildman–Crippen MR) is 130 cm³/mol. The first-order valence-electron chi connectivity index (χ1n) is 12.0. The summed E-state index contributed by atoms with van der Waals surface area (Å²) < 4.78 is 43.3. The van der Waals surface area contributed by atoms with E-state index in [-0.39, 0.29) is 23.8 Å². The molecule has 1 amide bonds. The molecule has 5 N–H and O–H groups in total. The van der Waals surface area contributed by atoms with E-state index in [1.165, 1.54) is 12.3 Å². The summed E-state index contributed by atoms with van der Waals surface area (Å²) in [6.07, 6.45) is 0.873. The molecule has 1 aliphatic heterocycles. The molecule has 5 rings (SSSR count). The van der Waals surface area contributed by atoms with Crippen LogP contribution in [0.1, 0.15) is 41.2 Å². The molecule has 2 aromatic heterocycles. The molecule has 1 aromatic carbocycles. The quantitative estimate of drug-likeness (QED) is 0.423. The van der Waals surface area contributed by atoms with E-state index >= 15 is 0 Å². The Hall–Kier alpha value is -3.54. The van der Waals surface area contributed by atoms with Gasteiger partial charge in [0.25, 0.3) is 5.91 Å².